The number of anilines is 1. The normalized spacial score (nSPS) is 13.6. The maximum absolute atomic E-state index is 12.7. The lowest BCUT2D eigenvalue weighted by atomic mass is 10.1. The molecular formula is C25H20ClNO4. The minimum absolute atomic E-state index is 0.130. The SMILES string of the molecule is CN(C)c1ccc(/C=C2\Oc3cc(OCC(=O)c4ccc(Cl)cc4)ccc3C2=O)cc1. The molecule has 3 aromatic rings. The highest BCUT2D eigenvalue weighted by Crippen LogP contribution is 2.35. The number of Topliss-reactive ketones (excluding diaryl/α,β-unsaturated/α-hetero) is 2. The van der Waals surface area contributed by atoms with Gasteiger partial charge in [-0.3, -0.25) is 9.59 Å². The molecule has 0 fully saturated rings. The van der Waals surface area contributed by atoms with Gasteiger partial charge < -0.3 is 14.4 Å². The summed E-state index contributed by atoms with van der Waals surface area (Å²) in [6.45, 7) is -0.130. The molecule has 1 heterocycles. The van der Waals surface area contributed by atoms with Crippen molar-refractivity contribution < 1.29 is 19.1 Å². The van der Waals surface area contributed by atoms with Crippen LogP contribution in [-0.2, 0) is 0 Å². The van der Waals surface area contributed by atoms with E-state index in [1.54, 1.807) is 48.5 Å². The maximum atomic E-state index is 12.7. The Bertz CT molecular complexity index is 1170. The standard InChI is InChI=1S/C25H20ClNO4/c1-27(2)19-9-3-16(4-10-19)13-24-25(29)21-12-11-20(14-23(21)31-24)30-15-22(28)17-5-7-18(26)8-6-17/h3-14H,15H2,1-2H3/b24-13-. The minimum atomic E-state index is -0.185. The molecule has 1 aliphatic rings. The van der Waals surface area contributed by atoms with Crippen molar-refractivity contribution in [1.82, 2.24) is 0 Å². The van der Waals surface area contributed by atoms with Gasteiger partial charge in [0.15, 0.2) is 18.1 Å². The number of hydrogen-bond acceptors (Lipinski definition) is 5. The van der Waals surface area contributed by atoms with E-state index in [9.17, 15) is 9.59 Å². The molecule has 3 aromatic carbocycles. The third kappa shape index (κ3) is 4.62. The average Bonchev–Trinajstić information content (AvgIpc) is 3.07. The van der Waals surface area contributed by atoms with Crippen LogP contribution in [0.15, 0.2) is 72.5 Å². The summed E-state index contributed by atoms with van der Waals surface area (Å²) in [4.78, 5) is 26.9. The van der Waals surface area contributed by atoms with Gasteiger partial charge in [-0.15, -0.1) is 0 Å². The van der Waals surface area contributed by atoms with Crippen LogP contribution in [0.5, 0.6) is 11.5 Å². The molecule has 0 radical (unpaired) electrons. The van der Waals surface area contributed by atoms with Gasteiger partial charge in [-0.1, -0.05) is 23.7 Å². The molecule has 0 amide bonds. The van der Waals surface area contributed by atoms with Crippen LogP contribution in [-0.4, -0.2) is 32.3 Å². The Morgan fingerprint density at radius 2 is 1.74 bits per heavy atom. The number of fused-ring (bicyclic) bond motifs is 1. The first-order chi connectivity index (χ1) is 14.9. The van der Waals surface area contributed by atoms with Gasteiger partial charge in [0, 0.05) is 36.4 Å². The van der Waals surface area contributed by atoms with E-state index in [0.29, 0.717) is 27.6 Å². The van der Waals surface area contributed by atoms with Gasteiger partial charge in [0.05, 0.1) is 5.56 Å². The van der Waals surface area contributed by atoms with Gasteiger partial charge in [0.2, 0.25) is 5.78 Å². The van der Waals surface area contributed by atoms with Crippen molar-refractivity contribution in [2.45, 2.75) is 0 Å². The number of benzene rings is 3. The van der Waals surface area contributed by atoms with E-state index in [4.69, 9.17) is 21.1 Å². The highest BCUT2D eigenvalue weighted by molar-refractivity contribution is 6.30. The molecule has 0 aromatic heterocycles. The van der Waals surface area contributed by atoms with Gasteiger partial charge in [-0.05, 0) is 60.2 Å². The van der Waals surface area contributed by atoms with Crippen molar-refractivity contribution in [3.63, 3.8) is 0 Å². The van der Waals surface area contributed by atoms with Crippen molar-refractivity contribution >= 4 is 34.9 Å². The second-order valence-corrected chi connectivity index (χ2v) is 7.74. The second-order valence-electron chi connectivity index (χ2n) is 7.30. The first-order valence-corrected chi connectivity index (χ1v) is 10.1. The number of carbonyl (C=O) groups excluding carboxylic acids is 2. The van der Waals surface area contributed by atoms with E-state index in [0.717, 1.165) is 11.3 Å². The molecule has 0 N–H and O–H groups in total. The predicted octanol–water partition coefficient (Wildman–Crippen LogP) is 5.28. The Morgan fingerprint density at radius 3 is 2.42 bits per heavy atom. The lowest BCUT2D eigenvalue weighted by Crippen LogP contribution is -2.11. The second kappa shape index (κ2) is 8.66. The van der Waals surface area contributed by atoms with E-state index >= 15 is 0 Å². The molecule has 31 heavy (non-hydrogen) atoms. The number of allylic oxidation sites excluding steroid dienone is 1. The molecule has 156 valence electrons. The lowest BCUT2D eigenvalue weighted by molar-refractivity contribution is 0.0921. The fourth-order valence-corrected chi connectivity index (χ4v) is 3.27. The van der Waals surface area contributed by atoms with Gasteiger partial charge >= 0.3 is 0 Å². The predicted molar refractivity (Wildman–Crippen MR) is 121 cm³/mol. The van der Waals surface area contributed by atoms with Crippen molar-refractivity contribution in [3.05, 3.63) is 94.2 Å². The Labute approximate surface area is 185 Å². The highest BCUT2D eigenvalue weighted by Gasteiger charge is 2.27. The molecule has 0 atom stereocenters. The summed E-state index contributed by atoms with van der Waals surface area (Å²) in [7, 11) is 3.94. The molecule has 1 aliphatic heterocycles. The van der Waals surface area contributed by atoms with Gasteiger partial charge in [0.25, 0.3) is 0 Å². The third-order valence-electron chi connectivity index (χ3n) is 4.88. The summed E-state index contributed by atoms with van der Waals surface area (Å²) in [5, 5.41) is 0.565. The van der Waals surface area contributed by atoms with E-state index in [2.05, 4.69) is 0 Å². The van der Waals surface area contributed by atoms with E-state index in [1.165, 1.54) is 0 Å². The number of halogens is 1. The van der Waals surface area contributed by atoms with Crippen molar-refractivity contribution in [2.24, 2.45) is 0 Å². The summed E-state index contributed by atoms with van der Waals surface area (Å²) in [6, 6.07) is 19.4. The summed E-state index contributed by atoms with van der Waals surface area (Å²) in [5.74, 6) is 0.761. The number of rotatable bonds is 6. The molecule has 0 saturated carbocycles. The van der Waals surface area contributed by atoms with Crippen molar-refractivity contribution in [1.29, 1.82) is 0 Å². The fraction of sp³-hybridized carbons (Fsp3) is 0.120. The van der Waals surface area contributed by atoms with Crippen LogP contribution in [0.2, 0.25) is 5.02 Å². The van der Waals surface area contributed by atoms with Gasteiger partial charge in [-0.25, -0.2) is 0 Å². The first kappa shape index (κ1) is 20.7. The van der Waals surface area contributed by atoms with Crippen LogP contribution in [0, 0.1) is 0 Å². The van der Waals surface area contributed by atoms with Crippen LogP contribution in [0.4, 0.5) is 5.69 Å². The van der Waals surface area contributed by atoms with Crippen LogP contribution >= 0.6 is 11.6 Å². The first-order valence-electron chi connectivity index (χ1n) is 9.68. The molecule has 0 spiro atoms. The maximum Gasteiger partial charge on any atom is 0.231 e. The number of carbonyl (C=O) groups is 2. The summed E-state index contributed by atoms with van der Waals surface area (Å²) in [6.07, 6.45) is 1.71. The zero-order chi connectivity index (χ0) is 22.0. The zero-order valence-corrected chi connectivity index (χ0v) is 17.8. The van der Waals surface area contributed by atoms with Crippen molar-refractivity contribution in [2.75, 3.05) is 25.6 Å². The topological polar surface area (TPSA) is 55.8 Å². The number of nitrogens with zero attached hydrogens (tertiary/aromatic N) is 1. The van der Waals surface area contributed by atoms with Crippen LogP contribution in [0.1, 0.15) is 26.3 Å². The highest BCUT2D eigenvalue weighted by atomic mass is 35.5. The average molecular weight is 434 g/mol. The van der Waals surface area contributed by atoms with Crippen LogP contribution in [0.25, 0.3) is 6.08 Å². The van der Waals surface area contributed by atoms with Crippen LogP contribution in [0.3, 0.4) is 0 Å². The van der Waals surface area contributed by atoms with Crippen molar-refractivity contribution in [3.8, 4) is 11.5 Å². The van der Waals surface area contributed by atoms with Crippen LogP contribution < -0.4 is 14.4 Å². The molecule has 0 unspecified atom stereocenters. The number of hydrogen-bond donors (Lipinski definition) is 0. The number of ketones is 2. The summed E-state index contributed by atoms with van der Waals surface area (Å²) < 4.78 is 11.4. The smallest absolute Gasteiger partial charge is 0.231 e. The zero-order valence-electron chi connectivity index (χ0n) is 17.1. The molecule has 0 bridgehead atoms. The van der Waals surface area contributed by atoms with Gasteiger partial charge in [0.1, 0.15) is 11.5 Å². The van der Waals surface area contributed by atoms with E-state index in [-0.39, 0.29) is 23.9 Å². The molecule has 0 aliphatic carbocycles. The summed E-state index contributed by atoms with van der Waals surface area (Å²) in [5.41, 5.74) is 2.92. The Kier molecular flexibility index (Phi) is 5.78. The minimum Gasteiger partial charge on any atom is -0.485 e. The monoisotopic (exact) mass is 433 g/mol. The summed E-state index contributed by atoms with van der Waals surface area (Å²) >= 11 is 5.85. The molecule has 0 saturated heterocycles. The van der Waals surface area contributed by atoms with E-state index < -0.39 is 0 Å². The molecule has 4 rings (SSSR count). The Hall–Kier alpha value is -3.57. The van der Waals surface area contributed by atoms with Gasteiger partial charge in [-0.2, -0.15) is 0 Å². The molecule has 5 nitrogen and oxygen atoms in total. The largest absolute Gasteiger partial charge is 0.485 e. The Morgan fingerprint density at radius 1 is 1.03 bits per heavy atom. The molecular weight excluding hydrogens is 414 g/mol. The third-order valence-corrected chi connectivity index (χ3v) is 5.14. The fourth-order valence-electron chi connectivity index (χ4n) is 3.15. The van der Waals surface area contributed by atoms with E-state index in [1.807, 2.05) is 43.3 Å². The quantitative estimate of drug-likeness (QED) is 0.391. The molecule has 6 heteroatoms. The lowest BCUT2D eigenvalue weighted by Gasteiger charge is -2.11. The number of ether oxygens (including phenoxy) is 2. The Balaban J connectivity index is 1.45.